The van der Waals surface area contributed by atoms with Gasteiger partial charge in [-0.05, 0) is 196 Å². The van der Waals surface area contributed by atoms with Crippen LogP contribution in [0, 0.1) is 5.92 Å². The second-order valence-electron chi connectivity index (χ2n) is 33.9. The van der Waals surface area contributed by atoms with Crippen LogP contribution >= 0.6 is 31.7 Å². The van der Waals surface area contributed by atoms with Crippen LogP contribution in [0.15, 0.2) is 473 Å². The van der Waals surface area contributed by atoms with Crippen molar-refractivity contribution in [2.75, 3.05) is 43.4 Å². The van der Waals surface area contributed by atoms with Gasteiger partial charge in [0.05, 0.1) is 19.0 Å². The maximum atomic E-state index is 13.1. The molecule has 740 valence electrons. The number of hydrogen-bond donors (Lipinski definition) is 5. The van der Waals surface area contributed by atoms with Gasteiger partial charge in [-0.1, -0.05) is 470 Å². The molecule has 18 rings (SSSR count). The third-order valence-electron chi connectivity index (χ3n) is 24.1. The van der Waals surface area contributed by atoms with Crippen LogP contribution in [0.1, 0.15) is 124 Å². The summed E-state index contributed by atoms with van der Waals surface area (Å²) < 4.78 is 2.01. The van der Waals surface area contributed by atoms with E-state index in [2.05, 4.69) is 418 Å². The Morgan fingerprint density at radius 2 is 0.641 bits per heavy atom. The number of aliphatic hydroxyl groups excluding tert-OH is 1. The quantitative estimate of drug-likeness (QED) is 0.0153. The minimum atomic E-state index is -1.59. The smallest absolute Gasteiger partial charge is 0.423 e. The number of carbonyl (C=O) groups excluding carboxylic acids is 3. The van der Waals surface area contributed by atoms with Gasteiger partial charge in [-0.25, -0.2) is 4.98 Å². The standard InChI is InChI=1S/C30H39N7O2.4C18H15P.C12H17BO3.C11H15NO.Pd/c1-6-23(18-38)33-30-34-27(26-28(35-30)37(19-32-26)20(4)5)31-17-21-13-15-22(16-14-21)24-11-9-10-12-25(24)29(39)36(7-2)8-3;4*1-4-10-16(11-5-1)19(17-12-6-2-7-13-17)18-14-8-3-9-15-18;1-3-9(4-2)12(14)10-7-5-6-8-11(10)13(15)16;1-3-12(4-2)11(13)10-8-6-5-7-9-10;/h9-16,19-20,23,38H,6-8,17-18H2,1-5H3,(H2,31,33,34,35);4*1-15H;5-9,15-16H,3-4H2,1-2H3;5-9H,3-4H2,1-2H3;/t23-;;;;;;;/m1......./s1. The molecule has 14 nitrogen and oxygen atoms in total. The molecule has 0 saturated carbocycles. The number of hydrogen-bond acceptors (Lipinski definition) is 11. The Hall–Kier alpha value is -13.4. The summed E-state index contributed by atoms with van der Waals surface area (Å²) in [5.41, 5.74) is 6.63. The fourth-order valence-electron chi connectivity index (χ4n) is 16.3. The molecule has 2 aromatic heterocycles. The maximum absolute atomic E-state index is 13.1. The summed E-state index contributed by atoms with van der Waals surface area (Å²) in [5, 5.41) is 51.5. The molecule has 0 saturated heterocycles. The summed E-state index contributed by atoms with van der Waals surface area (Å²) in [5.74, 6) is 1.21. The molecule has 2 amide bonds. The molecule has 0 aliphatic carbocycles. The number of aliphatic hydroxyl groups is 1. The van der Waals surface area contributed by atoms with Crippen LogP contribution < -0.4 is 79.8 Å². The first-order valence-corrected chi connectivity index (χ1v) is 54.9. The maximum Gasteiger partial charge on any atom is 0.489 e. The van der Waals surface area contributed by atoms with Crippen LogP contribution in [-0.2, 0) is 27.0 Å². The predicted octanol–water partition coefficient (Wildman–Crippen LogP) is 22.3. The molecule has 0 radical (unpaired) electrons. The second kappa shape index (κ2) is 61.0. The summed E-state index contributed by atoms with van der Waals surface area (Å²) >= 11 is 0. The van der Waals surface area contributed by atoms with Gasteiger partial charge in [0.2, 0.25) is 5.95 Å². The van der Waals surface area contributed by atoms with E-state index in [0.29, 0.717) is 53.5 Å². The zero-order valence-electron chi connectivity index (χ0n) is 84.1. The zero-order valence-corrected chi connectivity index (χ0v) is 89.2. The van der Waals surface area contributed by atoms with Crippen LogP contribution in [0.4, 0.5) is 11.8 Å². The predicted molar refractivity (Wildman–Crippen MR) is 616 cm³/mol. The molecule has 1 atom stereocenters. The minimum absolute atomic E-state index is 0. The number of carbonyl (C=O) groups is 3. The molecule has 0 bridgehead atoms. The monoisotopic (exact) mass is 2080 g/mol. The molecule has 16 aromatic carbocycles. The number of imidazole rings is 1. The number of anilines is 2. The van der Waals surface area contributed by atoms with E-state index in [4.69, 9.17) is 9.97 Å². The number of benzene rings is 16. The van der Waals surface area contributed by atoms with Crippen LogP contribution in [-0.4, -0.2) is 108 Å². The molecule has 0 unspecified atom stereocenters. The number of amides is 2. The second-order valence-corrected chi connectivity index (χ2v) is 42.7. The number of aromatic nitrogens is 4. The Kier molecular flexibility index (Phi) is 47.1. The van der Waals surface area contributed by atoms with Crippen LogP contribution in [0.25, 0.3) is 22.3 Å². The molecule has 0 aliphatic heterocycles. The van der Waals surface area contributed by atoms with Crippen LogP contribution in [0.5, 0.6) is 0 Å². The molecule has 5 N–H and O–H groups in total. The van der Waals surface area contributed by atoms with Gasteiger partial charge < -0.3 is 40.2 Å². The number of rotatable bonds is 32. The largest absolute Gasteiger partial charge is 0.489 e. The molecule has 2 heterocycles. The van der Waals surface area contributed by atoms with Crippen molar-refractivity contribution in [1.82, 2.24) is 29.3 Å². The van der Waals surface area contributed by atoms with E-state index in [1.165, 1.54) is 63.7 Å². The van der Waals surface area contributed by atoms with E-state index in [-0.39, 0.29) is 62.6 Å². The van der Waals surface area contributed by atoms with Gasteiger partial charge in [0.1, 0.15) is 0 Å². The zero-order chi connectivity index (χ0) is 101. The molecule has 0 fully saturated rings. The first-order valence-electron chi connectivity index (χ1n) is 49.6. The van der Waals surface area contributed by atoms with Gasteiger partial charge in [-0.2, -0.15) is 9.97 Å². The number of Topliss-reactive ketones (excluding diaryl/α,β-unsaturated/α-hetero) is 1. The molecule has 145 heavy (non-hydrogen) atoms. The summed E-state index contributed by atoms with van der Waals surface area (Å²) in [6, 6.07) is 161. The number of ketones is 1. The fraction of sp³-hybridized carbons (Fsp3) is 0.168. The van der Waals surface area contributed by atoms with Gasteiger partial charge >= 0.3 is 7.12 Å². The molecule has 20 heteroatoms. The first kappa shape index (κ1) is 112. The Balaban J connectivity index is 0.000000166. The van der Waals surface area contributed by atoms with Crippen molar-refractivity contribution in [1.29, 1.82) is 0 Å². The van der Waals surface area contributed by atoms with E-state index < -0.39 is 38.8 Å². The van der Waals surface area contributed by atoms with E-state index >= 15 is 0 Å². The Morgan fingerprint density at radius 3 is 0.931 bits per heavy atom. The van der Waals surface area contributed by atoms with Gasteiger partial charge in [0.15, 0.2) is 22.8 Å². The SMILES string of the molecule is CCC(CC)C(=O)c1ccccc1B(O)O.CCN(CC)C(=O)c1ccccc1.CC[C@H](CO)Nc1nc(NCc2ccc(-c3ccccc3C(=O)N(CC)CC)cc2)c2ncn(C(C)C)c2n1.[Pd].c1ccc(P(c2ccccc2)c2ccccc2)cc1.c1ccc(P(c2ccccc2)c2ccccc2)cc1.c1ccc(P(c2ccccc2)c2ccccc2)cc1.c1ccc(P(c2ccccc2)c2ccccc2)cc1. The number of nitrogens with zero attached hydrogens (tertiary/aromatic N) is 6. The van der Waals surface area contributed by atoms with E-state index in [0.717, 1.165) is 60.3 Å². The normalized spacial score (nSPS) is 10.8. The summed E-state index contributed by atoms with van der Waals surface area (Å²) in [4.78, 5) is 54.6. The molecular weight excluding hydrogens is 1950 g/mol. The van der Waals surface area contributed by atoms with E-state index in [1.807, 2.05) is 117 Å². The minimum Gasteiger partial charge on any atom is -0.423 e. The van der Waals surface area contributed by atoms with Crippen molar-refractivity contribution < 1.29 is 50.0 Å². The van der Waals surface area contributed by atoms with E-state index in [9.17, 15) is 29.5 Å². The molecule has 0 aliphatic rings. The van der Waals surface area contributed by atoms with Gasteiger partial charge in [0.25, 0.3) is 11.8 Å². The third-order valence-corrected chi connectivity index (χ3v) is 33.8. The Morgan fingerprint density at radius 1 is 0.352 bits per heavy atom. The summed E-state index contributed by atoms with van der Waals surface area (Å²) in [7, 11) is -3.37. The number of fused-ring (bicyclic) bond motifs is 1. The fourth-order valence-corrected chi connectivity index (χ4v) is 25.6. The van der Waals surface area contributed by atoms with Crippen molar-refractivity contribution in [2.24, 2.45) is 5.92 Å². The molecule has 0 spiro atoms. The topological polar surface area (TPSA) is 186 Å². The average Bonchev–Trinajstić information content (AvgIpc) is 1.65. The molecular formula is C125H131BN8O6P4Pd. The Bertz CT molecular complexity index is 5890. The van der Waals surface area contributed by atoms with Crippen molar-refractivity contribution >= 4 is 148 Å². The summed E-state index contributed by atoms with van der Waals surface area (Å²) in [6.07, 6.45) is 4.07. The van der Waals surface area contributed by atoms with Crippen molar-refractivity contribution in [2.45, 2.75) is 100 Å². The van der Waals surface area contributed by atoms with Crippen molar-refractivity contribution in [3.8, 4) is 11.1 Å². The van der Waals surface area contributed by atoms with Crippen molar-refractivity contribution in [3.63, 3.8) is 0 Å². The van der Waals surface area contributed by atoms with Gasteiger partial charge in [-0.3, -0.25) is 14.4 Å². The van der Waals surface area contributed by atoms with Gasteiger partial charge in [-0.15, -0.1) is 0 Å². The van der Waals surface area contributed by atoms with E-state index in [1.54, 1.807) is 30.6 Å². The third kappa shape index (κ3) is 32.8. The number of nitrogens with one attached hydrogen (secondary N) is 2. The molecule has 18 aromatic rings. The van der Waals surface area contributed by atoms with Gasteiger partial charge in [0, 0.05) is 81.8 Å². The Labute approximate surface area is 877 Å². The van der Waals surface area contributed by atoms with Crippen LogP contribution in [0.3, 0.4) is 0 Å². The van der Waals surface area contributed by atoms with Crippen molar-refractivity contribution in [3.05, 3.63) is 496 Å². The van der Waals surface area contributed by atoms with Crippen LogP contribution in [0.2, 0.25) is 0 Å². The average molecular weight is 2080 g/mol. The first-order chi connectivity index (χ1) is 70.6. The summed E-state index contributed by atoms with van der Waals surface area (Å²) in [6.45, 7) is 21.5.